The molecule has 0 bridgehead atoms. The predicted octanol–water partition coefficient (Wildman–Crippen LogP) is 2.83. The third-order valence-corrected chi connectivity index (χ3v) is 4.09. The number of hydrogen-bond donors (Lipinski definition) is 1. The molecule has 0 saturated heterocycles. The monoisotopic (exact) mass is 408 g/mol. The van der Waals surface area contributed by atoms with Crippen molar-refractivity contribution in [3.63, 3.8) is 0 Å². The van der Waals surface area contributed by atoms with Gasteiger partial charge in [-0.2, -0.15) is 0 Å². The minimum atomic E-state index is -1.32. The Balaban J connectivity index is 1.82. The number of para-hydroxylation sites is 1. The molecule has 1 N–H and O–H groups in total. The molecule has 0 spiro atoms. The van der Waals surface area contributed by atoms with E-state index in [0.29, 0.717) is 29.1 Å². The lowest BCUT2D eigenvalue weighted by Gasteiger charge is -2.13. The number of nitrogens with zero attached hydrogens (tertiary/aromatic N) is 2. The van der Waals surface area contributed by atoms with Gasteiger partial charge in [-0.3, -0.25) is 4.79 Å². The van der Waals surface area contributed by atoms with E-state index in [4.69, 9.17) is 14.2 Å². The number of carbonyl (C=O) groups excluding carboxylic acids is 2. The fourth-order valence-electron chi connectivity index (χ4n) is 2.58. The molecule has 0 aliphatic rings. The van der Waals surface area contributed by atoms with Gasteiger partial charge in [0.05, 0.1) is 18.4 Å². The summed E-state index contributed by atoms with van der Waals surface area (Å²) in [5, 5.41) is 9.38. The maximum absolute atomic E-state index is 11.8. The van der Waals surface area contributed by atoms with Crippen LogP contribution >= 0.6 is 0 Å². The number of aromatic nitrogens is 2. The normalized spacial score (nSPS) is 11.4. The molecule has 1 atom stereocenters. The first-order chi connectivity index (χ1) is 14.5. The van der Waals surface area contributed by atoms with Crippen LogP contribution in [0.2, 0.25) is 0 Å². The molecule has 154 valence electrons. The minimum Gasteiger partial charge on any atom is -0.496 e. The second-order valence-corrected chi connectivity index (χ2v) is 6.28. The fourth-order valence-corrected chi connectivity index (χ4v) is 2.58. The van der Waals surface area contributed by atoms with E-state index in [0.717, 1.165) is 5.56 Å². The molecule has 3 aromatic rings. The zero-order chi connectivity index (χ0) is 21.5. The number of aldehydes is 1. The molecule has 8 nitrogen and oxygen atoms in total. The van der Waals surface area contributed by atoms with Gasteiger partial charge in [0.15, 0.2) is 17.3 Å². The first kappa shape index (κ1) is 20.9. The zero-order valence-corrected chi connectivity index (χ0v) is 16.4. The summed E-state index contributed by atoms with van der Waals surface area (Å²) in [6, 6.07) is 13.5. The van der Waals surface area contributed by atoms with Crippen LogP contribution in [0.5, 0.6) is 17.2 Å². The summed E-state index contributed by atoms with van der Waals surface area (Å²) in [5.41, 5.74) is 1.62. The van der Waals surface area contributed by atoms with Crippen molar-refractivity contribution in [3.05, 3.63) is 66.0 Å². The smallest absolute Gasteiger partial charge is 0.340 e. The van der Waals surface area contributed by atoms with Gasteiger partial charge in [0, 0.05) is 11.8 Å². The largest absolute Gasteiger partial charge is 0.496 e. The molecule has 0 aliphatic heterocycles. The average Bonchev–Trinajstić information content (AvgIpc) is 2.78. The Hall–Kier alpha value is -3.78. The van der Waals surface area contributed by atoms with Crippen LogP contribution in [0.15, 0.2) is 54.7 Å². The van der Waals surface area contributed by atoms with Gasteiger partial charge in [0.2, 0.25) is 0 Å². The number of aliphatic hydroxyl groups is 1. The van der Waals surface area contributed by atoms with Crippen LogP contribution in [0.1, 0.15) is 23.0 Å². The zero-order valence-electron chi connectivity index (χ0n) is 16.4. The molecule has 1 unspecified atom stereocenters. The summed E-state index contributed by atoms with van der Waals surface area (Å²) in [7, 11) is 1.57. The average molecular weight is 408 g/mol. The number of rotatable bonds is 8. The van der Waals surface area contributed by atoms with Crippen molar-refractivity contribution >= 4 is 12.3 Å². The van der Waals surface area contributed by atoms with Crippen molar-refractivity contribution in [1.29, 1.82) is 0 Å². The lowest BCUT2D eigenvalue weighted by Crippen LogP contribution is -2.22. The summed E-state index contributed by atoms with van der Waals surface area (Å²) < 4.78 is 16.2. The van der Waals surface area contributed by atoms with Crippen LogP contribution in [0, 0.1) is 0 Å². The van der Waals surface area contributed by atoms with Crippen molar-refractivity contribution in [2.24, 2.45) is 0 Å². The molecule has 8 heteroatoms. The highest BCUT2D eigenvalue weighted by Gasteiger charge is 2.16. The quantitative estimate of drug-likeness (QED) is 0.344. The van der Waals surface area contributed by atoms with E-state index in [1.165, 1.54) is 25.1 Å². The van der Waals surface area contributed by atoms with E-state index in [9.17, 15) is 14.7 Å². The van der Waals surface area contributed by atoms with Gasteiger partial charge >= 0.3 is 5.97 Å². The molecule has 2 aromatic carbocycles. The van der Waals surface area contributed by atoms with Gasteiger partial charge in [0.1, 0.15) is 24.7 Å². The number of ether oxygens (including phenoxy) is 3. The van der Waals surface area contributed by atoms with Crippen LogP contribution in [0.25, 0.3) is 11.4 Å². The number of aliphatic hydroxyl groups excluding tert-OH is 1. The molecular weight excluding hydrogens is 388 g/mol. The van der Waals surface area contributed by atoms with E-state index < -0.39 is 12.1 Å². The highest BCUT2D eigenvalue weighted by atomic mass is 16.6. The first-order valence-corrected chi connectivity index (χ1v) is 9.09. The summed E-state index contributed by atoms with van der Waals surface area (Å²) in [6.45, 7) is 1.34. The minimum absolute atomic E-state index is 0.0320. The van der Waals surface area contributed by atoms with Crippen molar-refractivity contribution in [1.82, 2.24) is 9.97 Å². The lowest BCUT2D eigenvalue weighted by atomic mass is 10.2. The Morgan fingerprint density at radius 2 is 1.93 bits per heavy atom. The molecule has 0 amide bonds. The fraction of sp³-hybridized carbons (Fsp3) is 0.182. The van der Waals surface area contributed by atoms with E-state index in [2.05, 4.69) is 9.97 Å². The lowest BCUT2D eigenvalue weighted by molar-refractivity contribution is -0.142. The van der Waals surface area contributed by atoms with E-state index in [1.54, 1.807) is 19.4 Å². The van der Waals surface area contributed by atoms with Gasteiger partial charge in [-0.1, -0.05) is 12.1 Å². The van der Waals surface area contributed by atoms with Crippen LogP contribution in [-0.2, 0) is 11.4 Å². The Kier molecular flexibility index (Phi) is 6.71. The predicted molar refractivity (Wildman–Crippen MR) is 107 cm³/mol. The Morgan fingerprint density at radius 1 is 1.13 bits per heavy atom. The van der Waals surface area contributed by atoms with Crippen molar-refractivity contribution in [3.8, 4) is 28.6 Å². The number of hydrogen-bond acceptors (Lipinski definition) is 8. The van der Waals surface area contributed by atoms with Crippen molar-refractivity contribution in [2.45, 2.75) is 19.6 Å². The summed E-state index contributed by atoms with van der Waals surface area (Å²) in [4.78, 5) is 31.6. The summed E-state index contributed by atoms with van der Waals surface area (Å²) >= 11 is 0. The molecular formula is C22H20N2O6. The molecule has 0 radical (unpaired) electrons. The first-order valence-electron chi connectivity index (χ1n) is 9.09. The van der Waals surface area contributed by atoms with Crippen LogP contribution in [0.4, 0.5) is 0 Å². The van der Waals surface area contributed by atoms with Gasteiger partial charge in [-0.15, -0.1) is 0 Å². The van der Waals surface area contributed by atoms with Crippen molar-refractivity contribution < 1.29 is 28.9 Å². The molecule has 0 fully saturated rings. The third-order valence-electron chi connectivity index (χ3n) is 4.09. The molecule has 30 heavy (non-hydrogen) atoms. The van der Waals surface area contributed by atoms with E-state index in [1.807, 2.05) is 24.3 Å². The van der Waals surface area contributed by atoms with Gasteiger partial charge in [0.25, 0.3) is 0 Å². The highest BCUT2D eigenvalue weighted by molar-refractivity contribution is 5.80. The number of methoxy groups -OCH3 is 1. The molecule has 0 saturated carbocycles. The maximum atomic E-state index is 11.8. The van der Waals surface area contributed by atoms with Gasteiger partial charge in [-0.05, 0) is 43.3 Å². The van der Waals surface area contributed by atoms with E-state index >= 15 is 0 Å². The second kappa shape index (κ2) is 9.62. The number of benzene rings is 2. The standard InChI is InChI=1S/C22H20N2O6/c1-14(26)22(27)30-20-11-15(12-25)7-8-19(20)29-13-16-9-10-23-21(24-16)17-5-3-4-6-18(17)28-2/h3-12,14,26H,13H2,1-2H3. The van der Waals surface area contributed by atoms with Crippen LogP contribution in [0.3, 0.4) is 0 Å². The van der Waals surface area contributed by atoms with Gasteiger partial charge in [-0.25, -0.2) is 14.8 Å². The third kappa shape index (κ3) is 4.98. The van der Waals surface area contributed by atoms with E-state index in [-0.39, 0.29) is 18.1 Å². The molecule has 3 rings (SSSR count). The van der Waals surface area contributed by atoms with Crippen LogP contribution in [-0.4, -0.2) is 40.5 Å². The molecule has 1 heterocycles. The summed E-state index contributed by atoms with van der Waals surface area (Å²) in [6.07, 6.45) is 0.910. The number of esters is 1. The molecule has 0 aliphatic carbocycles. The highest BCUT2D eigenvalue weighted by Crippen LogP contribution is 2.30. The van der Waals surface area contributed by atoms with Crippen molar-refractivity contribution in [2.75, 3.05) is 7.11 Å². The second-order valence-electron chi connectivity index (χ2n) is 6.28. The Morgan fingerprint density at radius 3 is 2.67 bits per heavy atom. The Labute approximate surface area is 173 Å². The maximum Gasteiger partial charge on any atom is 0.340 e. The SMILES string of the molecule is COc1ccccc1-c1nccc(COc2ccc(C=O)cc2OC(=O)C(C)O)n1. The molecule has 1 aromatic heterocycles. The Bertz CT molecular complexity index is 1050. The van der Waals surface area contributed by atoms with Gasteiger partial charge < -0.3 is 19.3 Å². The topological polar surface area (TPSA) is 108 Å². The van der Waals surface area contributed by atoms with Crippen LogP contribution < -0.4 is 14.2 Å². The summed E-state index contributed by atoms with van der Waals surface area (Å²) in [5.74, 6) is 0.526. The number of carbonyl (C=O) groups is 2.